The van der Waals surface area contributed by atoms with E-state index >= 15 is 0 Å². The zero-order valence-electron chi connectivity index (χ0n) is 9.34. The van der Waals surface area contributed by atoms with Crippen LogP contribution in [0.1, 0.15) is 13.8 Å². The average Bonchev–Trinajstić information content (AvgIpc) is 2.23. The smallest absolute Gasteiger partial charge is 0.248 e. The Kier molecular flexibility index (Phi) is 3.98. The van der Waals surface area contributed by atoms with E-state index in [0.29, 0.717) is 6.29 Å². The zero-order valence-corrected chi connectivity index (χ0v) is 9.34. The minimum absolute atomic E-state index is 0.222. The molecule has 0 aromatic rings. The number of carbonyl (C=O) groups is 1. The first-order valence-electron chi connectivity index (χ1n) is 5.11. The summed E-state index contributed by atoms with van der Waals surface area (Å²) < 4.78 is 10.5. The summed E-state index contributed by atoms with van der Waals surface area (Å²) in [7, 11) is 0. The van der Waals surface area contributed by atoms with Crippen molar-refractivity contribution >= 4 is 6.29 Å². The molecule has 0 fully saturated rings. The van der Waals surface area contributed by atoms with Crippen molar-refractivity contribution in [3.63, 3.8) is 0 Å². The van der Waals surface area contributed by atoms with Crippen molar-refractivity contribution in [2.24, 2.45) is 0 Å². The third-order valence-electron chi connectivity index (χ3n) is 2.23. The standard InChI is InChI=1S/C11H16O5/c1-3-15-11(16-4-2)7-9(8-12)5-6-10(11,13)14/h5-8,13-14H,3-4H2,1-2H3. The summed E-state index contributed by atoms with van der Waals surface area (Å²) in [6.07, 6.45) is 4.25. The Hall–Kier alpha value is -1.01. The van der Waals surface area contributed by atoms with Gasteiger partial charge in [0.2, 0.25) is 11.6 Å². The van der Waals surface area contributed by atoms with Crippen LogP contribution in [0.4, 0.5) is 0 Å². The summed E-state index contributed by atoms with van der Waals surface area (Å²) >= 11 is 0. The lowest BCUT2D eigenvalue weighted by Gasteiger charge is -2.40. The van der Waals surface area contributed by atoms with Crippen LogP contribution >= 0.6 is 0 Å². The Morgan fingerprint density at radius 3 is 2.31 bits per heavy atom. The van der Waals surface area contributed by atoms with E-state index in [9.17, 15) is 15.0 Å². The third kappa shape index (κ3) is 2.22. The molecule has 1 rings (SSSR count). The summed E-state index contributed by atoms with van der Waals surface area (Å²) in [4.78, 5) is 10.7. The number of rotatable bonds is 5. The molecule has 0 saturated heterocycles. The van der Waals surface area contributed by atoms with Crippen molar-refractivity contribution in [2.75, 3.05) is 13.2 Å². The van der Waals surface area contributed by atoms with Crippen LogP contribution in [-0.2, 0) is 14.3 Å². The van der Waals surface area contributed by atoms with Gasteiger partial charge >= 0.3 is 0 Å². The fourth-order valence-electron chi connectivity index (χ4n) is 1.54. The van der Waals surface area contributed by atoms with E-state index in [1.807, 2.05) is 0 Å². The number of aliphatic hydroxyl groups is 2. The lowest BCUT2D eigenvalue weighted by molar-refractivity contribution is -0.342. The Balaban J connectivity index is 3.14. The fourth-order valence-corrected chi connectivity index (χ4v) is 1.54. The maximum Gasteiger partial charge on any atom is 0.248 e. The second-order valence-corrected chi connectivity index (χ2v) is 3.36. The summed E-state index contributed by atoms with van der Waals surface area (Å²) in [6, 6.07) is 0. The average molecular weight is 228 g/mol. The molecule has 90 valence electrons. The van der Waals surface area contributed by atoms with Gasteiger partial charge in [0, 0.05) is 18.8 Å². The first-order chi connectivity index (χ1) is 7.51. The second-order valence-electron chi connectivity index (χ2n) is 3.36. The lowest BCUT2D eigenvalue weighted by Crippen LogP contribution is -2.57. The van der Waals surface area contributed by atoms with Crippen molar-refractivity contribution in [1.82, 2.24) is 0 Å². The molecule has 0 amide bonds. The number of hydrogen-bond acceptors (Lipinski definition) is 5. The summed E-state index contributed by atoms with van der Waals surface area (Å²) in [5, 5.41) is 19.6. The molecule has 5 heteroatoms. The van der Waals surface area contributed by atoms with Crippen LogP contribution in [0.25, 0.3) is 0 Å². The molecule has 0 aliphatic heterocycles. The summed E-state index contributed by atoms with van der Waals surface area (Å²) in [5.41, 5.74) is 0.278. The maximum atomic E-state index is 10.7. The number of ether oxygens (including phenoxy) is 2. The summed E-state index contributed by atoms with van der Waals surface area (Å²) in [6.45, 7) is 3.84. The Labute approximate surface area is 94.0 Å². The van der Waals surface area contributed by atoms with Gasteiger partial charge in [0.15, 0.2) is 0 Å². The van der Waals surface area contributed by atoms with Gasteiger partial charge in [-0.2, -0.15) is 0 Å². The molecule has 5 nitrogen and oxygen atoms in total. The quantitative estimate of drug-likeness (QED) is 0.517. The van der Waals surface area contributed by atoms with Gasteiger partial charge in [-0.3, -0.25) is 4.79 Å². The molecule has 0 atom stereocenters. The Bertz CT molecular complexity index is 310. The van der Waals surface area contributed by atoms with Crippen LogP contribution in [0.3, 0.4) is 0 Å². The topological polar surface area (TPSA) is 76.0 Å². The van der Waals surface area contributed by atoms with E-state index in [-0.39, 0.29) is 18.8 Å². The minimum atomic E-state index is -2.29. The second kappa shape index (κ2) is 4.88. The lowest BCUT2D eigenvalue weighted by atomic mass is 9.95. The third-order valence-corrected chi connectivity index (χ3v) is 2.23. The maximum absolute atomic E-state index is 10.7. The largest absolute Gasteiger partial charge is 0.358 e. The van der Waals surface area contributed by atoms with E-state index in [1.54, 1.807) is 13.8 Å². The highest BCUT2D eigenvalue weighted by atomic mass is 16.7. The molecule has 0 aromatic heterocycles. The van der Waals surface area contributed by atoms with Gasteiger partial charge in [0.25, 0.3) is 0 Å². The minimum Gasteiger partial charge on any atom is -0.358 e. The van der Waals surface area contributed by atoms with Crippen LogP contribution in [-0.4, -0.2) is 41.3 Å². The first kappa shape index (κ1) is 13.1. The molecular weight excluding hydrogens is 212 g/mol. The highest BCUT2D eigenvalue weighted by molar-refractivity contribution is 5.78. The van der Waals surface area contributed by atoms with Crippen LogP contribution in [0.2, 0.25) is 0 Å². The number of aldehydes is 1. The van der Waals surface area contributed by atoms with Crippen molar-refractivity contribution in [3.8, 4) is 0 Å². The van der Waals surface area contributed by atoms with Gasteiger partial charge in [-0.1, -0.05) is 6.08 Å². The van der Waals surface area contributed by atoms with Crippen molar-refractivity contribution in [2.45, 2.75) is 25.4 Å². The van der Waals surface area contributed by atoms with Crippen LogP contribution < -0.4 is 0 Å². The molecular formula is C11H16O5. The first-order valence-corrected chi connectivity index (χ1v) is 5.11. The zero-order chi connectivity index (χ0) is 12.2. The van der Waals surface area contributed by atoms with Gasteiger partial charge in [-0.25, -0.2) is 0 Å². The predicted octanol–water partition coefficient (Wildman–Crippen LogP) is 0.132. The van der Waals surface area contributed by atoms with Crippen LogP contribution in [0.5, 0.6) is 0 Å². The van der Waals surface area contributed by atoms with Crippen molar-refractivity contribution < 1.29 is 24.5 Å². The van der Waals surface area contributed by atoms with Gasteiger partial charge in [-0.05, 0) is 26.0 Å². The highest BCUT2D eigenvalue weighted by Crippen LogP contribution is 2.33. The molecule has 0 radical (unpaired) electrons. The molecule has 0 saturated carbocycles. The molecule has 0 unspecified atom stereocenters. The molecule has 0 aromatic carbocycles. The van der Waals surface area contributed by atoms with E-state index in [0.717, 1.165) is 6.08 Å². The number of carbonyl (C=O) groups excluding carboxylic acids is 1. The van der Waals surface area contributed by atoms with Gasteiger partial charge in [0.1, 0.15) is 6.29 Å². The number of hydrogen-bond donors (Lipinski definition) is 2. The normalized spacial score (nSPS) is 21.6. The van der Waals surface area contributed by atoms with Crippen molar-refractivity contribution in [3.05, 3.63) is 23.8 Å². The Morgan fingerprint density at radius 2 is 1.88 bits per heavy atom. The molecule has 16 heavy (non-hydrogen) atoms. The van der Waals surface area contributed by atoms with Gasteiger partial charge < -0.3 is 19.7 Å². The molecule has 2 N–H and O–H groups in total. The van der Waals surface area contributed by atoms with Crippen LogP contribution in [0.15, 0.2) is 23.8 Å². The molecule has 1 aliphatic rings. The van der Waals surface area contributed by atoms with Gasteiger partial charge in [-0.15, -0.1) is 0 Å². The van der Waals surface area contributed by atoms with Gasteiger partial charge in [0.05, 0.1) is 0 Å². The number of allylic oxidation sites excluding steroid dienone is 2. The molecule has 0 spiro atoms. The van der Waals surface area contributed by atoms with E-state index in [1.165, 1.54) is 12.2 Å². The highest BCUT2D eigenvalue weighted by Gasteiger charge is 2.50. The predicted molar refractivity (Wildman–Crippen MR) is 56.4 cm³/mol. The fraction of sp³-hybridized carbons (Fsp3) is 0.545. The molecule has 1 aliphatic carbocycles. The SMILES string of the molecule is CCOC1(OCC)C=C(C=O)C=CC1(O)O. The van der Waals surface area contributed by atoms with Crippen LogP contribution in [0, 0.1) is 0 Å². The molecule has 0 bridgehead atoms. The van der Waals surface area contributed by atoms with E-state index in [4.69, 9.17) is 9.47 Å². The molecule has 0 heterocycles. The van der Waals surface area contributed by atoms with Crippen molar-refractivity contribution in [1.29, 1.82) is 0 Å². The van der Waals surface area contributed by atoms with E-state index in [2.05, 4.69) is 0 Å². The monoisotopic (exact) mass is 228 g/mol. The summed E-state index contributed by atoms with van der Waals surface area (Å²) in [5.74, 6) is -4.01. The van der Waals surface area contributed by atoms with E-state index < -0.39 is 11.6 Å². The Morgan fingerprint density at radius 1 is 1.31 bits per heavy atom.